The number of para-hydroxylation sites is 2. The third kappa shape index (κ3) is 3.26. The number of benzene rings is 2. The molecule has 0 saturated carbocycles. The van der Waals surface area contributed by atoms with E-state index in [-0.39, 0.29) is 5.56 Å². The van der Waals surface area contributed by atoms with Crippen LogP contribution in [0.3, 0.4) is 0 Å². The summed E-state index contributed by atoms with van der Waals surface area (Å²) < 4.78 is 8.92. The lowest BCUT2D eigenvalue weighted by Gasteiger charge is -2.12. The van der Waals surface area contributed by atoms with Crippen molar-refractivity contribution in [3.05, 3.63) is 70.3 Å². The van der Waals surface area contributed by atoms with E-state index in [1.54, 1.807) is 11.7 Å². The van der Waals surface area contributed by atoms with Crippen molar-refractivity contribution in [1.82, 2.24) is 24.1 Å². The molecule has 5 aromatic rings. The summed E-state index contributed by atoms with van der Waals surface area (Å²) in [5.41, 5.74) is 5.36. The van der Waals surface area contributed by atoms with Gasteiger partial charge in [0.15, 0.2) is 11.3 Å². The number of nitrogens with zero attached hydrogens (tertiary/aromatic N) is 5. The lowest BCUT2D eigenvalue weighted by Crippen LogP contribution is -2.26. The van der Waals surface area contributed by atoms with Gasteiger partial charge in [-0.05, 0) is 37.6 Å². The zero-order chi connectivity index (χ0) is 22.2. The Morgan fingerprint density at radius 2 is 1.66 bits per heavy atom. The molecule has 0 aliphatic heterocycles. The molecule has 0 fully saturated rings. The van der Waals surface area contributed by atoms with Gasteiger partial charge >= 0.3 is 0 Å². The average Bonchev–Trinajstić information content (AvgIpc) is 3.12. The first kappa shape index (κ1) is 20.3. The van der Waals surface area contributed by atoms with Crippen LogP contribution in [0.25, 0.3) is 38.9 Å². The summed E-state index contributed by atoms with van der Waals surface area (Å²) in [4.78, 5) is 28.5. The van der Waals surface area contributed by atoms with Gasteiger partial charge in [0.2, 0.25) is 0 Å². The van der Waals surface area contributed by atoms with Gasteiger partial charge in [-0.25, -0.2) is 15.0 Å². The lowest BCUT2D eigenvalue weighted by molar-refractivity contribution is 0.189. The molecule has 0 amide bonds. The Morgan fingerprint density at radius 3 is 2.34 bits per heavy atom. The van der Waals surface area contributed by atoms with E-state index >= 15 is 0 Å². The fraction of sp³-hybridized carbons (Fsp3) is 0.280. The fourth-order valence-corrected chi connectivity index (χ4v) is 4.18. The Balaban J connectivity index is 1.91. The maximum atomic E-state index is 13.8. The van der Waals surface area contributed by atoms with Crippen molar-refractivity contribution in [3.8, 4) is 5.69 Å². The second-order valence-corrected chi connectivity index (χ2v) is 7.94. The minimum absolute atomic E-state index is 0.0802. The third-order valence-electron chi connectivity index (χ3n) is 5.78. The molecular weight excluding hydrogens is 402 g/mol. The Kier molecular flexibility index (Phi) is 5.19. The summed E-state index contributed by atoms with van der Waals surface area (Å²) in [6, 6.07) is 15.9. The van der Waals surface area contributed by atoms with E-state index in [0.29, 0.717) is 41.8 Å². The van der Waals surface area contributed by atoms with Crippen LogP contribution in [0.4, 0.5) is 0 Å². The highest BCUT2D eigenvalue weighted by atomic mass is 16.5. The zero-order valence-corrected chi connectivity index (χ0v) is 18.5. The molecule has 0 bridgehead atoms. The van der Waals surface area contributed by atoms with Crippen LogP contribution < -0.4 is 5.56 Å². The number of aromatic nitrogens is 5. The molecule has 162 valence electrons. The molecule has 7 heteroatoms. The van der Waals surface area contributed by atoms with Gasteiger partial charge in [0, 0.05) is 32.4 Å². The maximum Gasteiger partial charge on any atom is 0.265 e. The van der Waals surface area contributed by atoms with Crippen LogP contribution in [0.5, 0.6) is 0 Å². The molecule has 0 unspecified atom stereocenters. The number of rotatable bonds is 6. The smallest absolute Gasteiger partial charge is 0.265 e. The van der Waals surface area contributed by atoms with E-state index in [1.165, 1.54) is 0 Å². The first-order valence-corrected chi connectivity index (χ1v) is 10.9. The van der Waals surface area contributed by atoms with Crippen molar-refractivity contribution < 1.29 is 4.74 Å². The van der Waals surface area contributed by atoms with E-state index < -0.39 is 0 Å². The summed E-state index contributed by atoms with van der Waals surface area (Å²) in [7, 11) is 1.67. The Bertz CT molecular complexity index is 1500. The molecular formula is C25H25N5O2. The normalized spacial score (nSPS) is 11.7. The largest absolute Gasteiger partial charge is 0.385 e. The van der Waals surface area contributed by atoms with Crippen molar-refractivity contribution in [3.63, 3.8) is 0 Å². The monoisotopic (exact) mass is 427 g/mol. The molecule has 32 heavy (non-hydrogen) atoms. The summed E-state index contributed by atoms with van der Waals surface area (Å²) >= 11 is 0. The minimum atomic E-state index is -0.0802. The van der Waals surface area contributed by atoms with E-state index in [1.807, 2.05) is 60.0 Å². The lowest BCUT2D eigenvalue weighted by atomic mass is 10.2. The molecule has 0 radical (unpaired) electrons. The molecule has 3 heterocycles. The van der Waals surface area contributed by atoms with E-state index in [9.17, 15) is 4.79 Å². The molecule has 0 aliphatic rings. The molecule has 0 spiro atoms. The molecule has 3 aromatic heterocycles. The van der Waals surface area contributed by atoms with Crippen molar-refractivity contribution >= 4 is 33.2 Å². The van der Waals surface area contributed by atoms with E-state index in [4.69, 9.17) is 19.7 Å². The van der Waals surface area contributed by atoms with Gasteiger partial charge in [0.1, 0.15) is 16.7 Å². The van der Waals surface area contributed by atoms with Gasteiger partial charge < -0.3 is 4.74 Å². The number of hydrogen-bond donors (Lipinski definition) is 0. The van der Waals surface area contributed by atoms with Crippen molar-refractivity contribution in [2.75, 3.05) is 13.7 Å². The molecule has 0 saturated heterocycles. The molecule has 0 N–H and O–H groups in total. The average molecular weight is 428 g/mol. The third-order valence-corrected chi connectivity index (χ3v) is 5.78. The van der Waals surface area contributed by atoms with Gasteiger partial charge in [0.05, 0.1) is 11.0 Å². The zero-order valence-electron chi connectivity index (χ0n) is 18.5. The molecule has 0 atom stereocenters. The summed E-state index contributed by atoms with van der Waals surface area (Å²) in [5, 5.41) is 0.508. The number of methoxy groups -OCH3 is 1. The minimum Gasteiger partial charge on any atom is -0.385 e. The van der Waals surface area contributed by atoms with Gasteiger partial charge in [-0.3, -0.25) is 13.9 Å². The second kappa shape index (κ2) is 8.16. The maximum absolute atomic E-state index is 13.8. The molecule has 7 nitrogen and oxygen atoms in total. The topological polar surface area (TPSA) is 74.8 Å². The summed E-state index contributed by atoms with van der Waals surface area (Å²) in [5.74, 6) is 0.749. The quantitative estimate of drug-likeness (QED) is 0.380. The van der Waals surface area contributed by atoms with Gasteiger partial charge in [-0.2, -0.15) is 0 Å². The number of hydrogen-bond acceptors (Lipinski definition) is 5. The van der Waals surface area contributed by atoms with Crippen LogP contribution in [0.15, 0.2) is 53.3 Å². The first-order valence-electron chi connectivity index (χ1n) is 10.9. The highest BCUT2D eigenvalue weighted by Crippen LogP contribution is 2.29. The van der Waals surface area contributed by atoms with Crippen molar-refractivity contribution in [1.29, 1.82) is 0 Å². The van der Waals surface area contributed by atoms with Crippen LogP contribution >= 0.6 is 0 Å². The highest BCUT2D eigenvalue weighted by molar-refractivity contribution is 6.05. The molecule has 5 rings (SSSR count). The van der Waals surface area contributed by atoms with Crippen molar-refractivity contribution in [2.24, 2.45) is 0 Å². The SMILES string of the molecule is CCc1nc2c(c(=O)n1CCCOC)c1nc3ccccc3nc1n2-c1ccc(C)cc1. The Labute approximate surface area is 185 Å². The van der Waals surface area contributed by atoms with Gasteiger partial charge in [0.25, 0.3) is 5.56 Å². The predicted molar refractivity (Wildman–Crippen MR) is 127 cm³/mol. The highest BCUT2D eigenvalue weighted by Gasteiger charge is 2.22. The first-order chi connectivity index (χ1) is 15.6. The standard InChI is InChI=1S/C25H25N5O2/c1-4-20-28-23-21(25(31)29(20)14-7-15-32-3)22-24(27-19-9-6-5-8-18(19)26-22)30(23)17-12-10-16(2)11-13-17/h5-6,8-13H,4,7,14-15H2,1-3H3. The van der Waals surface area contributed by atoms with Gasteiger partial charge in [-0.15, -0.1) is 0 Å². The Morgan fingerprint density at radius 1 is 0.938 bits per heavy atom. The summed E-state index contributed by atoms with van der Waals surface area (Å²) in [6.07, 6.45) is 1.39. The van der Waals surface area contributed by atoms with E-state index in [0.717, 1.165) is 34.5 Å². The number of aryl methyl sites for hydroxylation is 2. The molecule has 0 aliphatic carbocycles. The van der Waals surface area contributed by atoms with Crippen LogP contribution in [0.2, 0.25) is 0 Å². The number of ether oxygens (including phenoxy) is 1. The van der Waals surface area contributed by atoms with Crippen LogP contribution in [0.1, 0.15) is 24.7 Å². The van der Waals surface area contributed by atoms with Gasteiger partial charge in [-0.1, -0.05) is 36.8 Å². The van der Waals surface area contributed by atoms with Crippen LogP contribution in [0, 0.1) is 6.92 Å². The van der Waals surface area contributed by atoms with Crippen LogP contribution in [-0.4, -0.2) is 37.8 Å². The van der Waals surface area contributed by atoms with Crippen molar-refractivity contribution in [2.45, 2.75) is 33.2 Å². The second-order valence-electron chi connectivity index (χ2n) is 7.94. The van der Waals surface area contributed by atoms with E-state index in [2.05, 4.69) is 6.92 Å². The Hall–Kier alpha value is -3.58. The molecule has 2 aromatic carbocycles. The fourth-order valence-electron chi connectivity index (χ4n) is 4.18. The van der Waals surface area contributed by atoms with Crippen LogP contribution in [-0.2, 0) is 17.7 Å². The summed E-state index contributed by atoms with van der Waals surface area (Å²) in [6.45, 7) is 5.21. The predicted octanol–water partition coefficient (Wildman–Crippen LogP) is 4.19. The number of fused-ring (bicyclic) bond motifs is 4.